The fourth-order valence-corrected chi connectivity index (χ4v) is 2.92. The summed E-state index contributed by atoms with van der Waals surface area (Å²) in [5.41, 5.74) is 1.65. The quantitative estimate of drug-likeness (QED) is 0.863. The van der Waals surface area contributed by atoms with E-state index in [2.05, 4.69) is 10.3 Å². The van der Waals surface area contributed by atoms with Crippen molar-refractivity contribution in [3.63, 3.8) is 0 Å². The van der Waals surface area contributed by atoms with Crippen LogP contribution in [-0.4, -0.2) is 16.1 Å². The van der Waals surface area contributed by atoms with E-state index < -0.39 is 17.5 Å². The first-order valence-electron chi connectivity index (χ1n) is 7.11. The molecule has 1 fully saturated rings. The van der Waals surface area contributed by atoms with Crippen molar-refractivity contribution in [2.75, 3.05) is 6.54 Å². The minimum absolute atomic E-state index is 0.0648. The van der Waals surface area contributed by atoms with Gasteiger partial charge in [-0.1, -0.05) is 0 Å². The Morgan fingerprint density at radius 3 is 2.76 bits per heavy atom. The van der Waals surface area contributed by atoms with E-state index in [0.29, 0.717) is 19.0 Å². The summed E-state index contributed by atoms with van der Waals surface area (Å²) in [6, 6.07) is 1.62. The van der Waals surface area contributed by atoms with Crippen molar-refractivity contribution in [2.45, 2.75) is 31.7 Å². The van der Waals surface area contributed by atoms with E-state index in [4.69, 9.17) is 0 Å². The summed E-state index contributed by atoms with van der Waals surface area (Å²) in [6.45, 7) is 1.36. The van der Waals surface area contributed by atoms with Crippen LogP contribution in [0.1, 0.15) is 36.0 Å². The Kier molecular flexibility index (Phi) is 2.82. The number of benzene rings is 1. The lowest BCUT2D eigenvalue weighted by atomic mass is 10.1. The second kappa shape index (κ2) is 4.59. The number of nitrogens with zero attached hydrogens (tertiary/aromatic N) is 2. The van der Waals surface area contributed by atoms with Gasteiger partial charge in [-0.3, -0.25) is 4.57 Å². The van der Waals surface area contributed by atoms with Crippen LogP contribution in [0.5, 0.6) is 0 Å². The number of hydrogen-bond acceptors (Lipinski definition) is 2. The molecule has 2 aromatic rings. The lowest BCUT2D eigenvalue weighted by Gasteiger charge is -2.17. The largest absolute Gasteiger partial charge is 0.311 e. The predicted octanol–water partition coefficient (Wildman–Crippen LogP) is 2.81. The van der Waals surface area contributed by atoms with E-state index in [1.807, 2.05) is 0 Å². The molecule has 0 saturated heterocycles. The van der Waals surface area contributed by atoms with Gasteiger partial charge in [0.05, 0.1) is 11.4 Å². The Balaban J connectivity index is 1.97. The Morgan fingerprint density at radius 1 is 1.19 bits per heavy atom. The van der Waals surface area contributed by atoms with E-state index in [9.17, 15) is 13.2 Å². The number of rotatable bonds is 2. The molecule has 4 rings (SSSR count). The van der Waals surface area contributed by atoms with Crippen LogP contribution in [0, 0.1) is 17.5 Å². The summed E-state index contributed by atoms with van der Waals surface area (Å²) in [5.74, 6) is -1.96. The smallest absolute Gasteiger partial charge is 0.183 e. The van der Waals surface area contributed by atoms with Gasteiger partial charge in [0.1, 0.15) is 11.6 Å². The van der Waals surface area contributed by atoms with Gasteiger partial charge in [-0.15, -0.1) is 0 Å². The number of nitrogens with one attached hydrogen (secondary N) is 1. The molecule has 110 valence electrons. The molecule has 0 unspecified atom stereocenters. The molecule has 21 heavy (non-hydrogen) atoms. The lowest BCUT2D eigenvalue weighted by molar-refractivity contribution is 0.488. The standard InChI is InChI=1S/C15H14F3N3/c16-9-5-10(17)14(18)13(6-9)21-12-3-4-19-7-11(12)20-15(21)8-1-2-8/h5-6,8,19H,1-4,7H2. The van der Waals surface area contributed by atoms with Crippen molar-refractivity contribution in [1.82, 2.24) is 14.9 Å². The topological polar surface area (TPSA) is 29.9 Å². The van der Waals surface area contributed by atoms with E-state index in [1.54, 1.807) is 4.57 Å². The molecule has 0 radical (unpaired) electrons. The van der Waals surface area contributed by atoms with Gasteiger partial charge in [0.2, 0.25) is 0 Å². The molecule has 0 atom stereocenters. The number of halogens is 3. The molecule has 1 aromatic carbocycles. The fourth-order valence-electron chi connectivity index (χ4n) is 2.92. The van der Waals surface area contributed by atoms with Gasteiger partial charge >= 0.3 is 0 Å². The van der Waals surface area contributed by atoms with E-state index in [-0.39, 0.29) is 11.6 Å². The molecule has 2 aliphatic rings. The van der Waals surface area contributed by atoms with Crippen LogP contribution in [0.4, 0.5) is 13.2 Å². The molecule has 1 aliphatic heterocycles. The van der Waals surface area contributed by atoms with Crippen LogP contribution in [0.15, 0.2) is 12.1 Å². The first-order valence-corrected chi connectivity index (χ1v) is 7.11. The van der Waals surface area contributed by atoms with Crippen molar-refractivity contribution < 1.29 is 13.2 Å². The molecule has 3 nitrogen and oxygen atoms in total. The average Bonchev–Trinajstić information content (AvgIpc) is 3.24. The van der Waals surface area contributed by atoms with Crippen LogP contribution >= 0.6 is 0 Å². The molecule has 0 spiro atoms. The van der Waals surface area contributed by atoms with Crippen LogP contribution in [0.3, 0.4) is 0 Å². The summed E-state index contributed by atoms with van der Waals surface area (Å²) < 4.78 is 42.9. The highest BCUT2D eigenvalue weighted by molar-refractivity contribution is 5.42. The van der Waals surface area contributed by atoms with Gasteiger partial charge in [-0.25, -0.2) is 18.2 Å². The molecule has 2 heterocycles. The van der Waals surface area contributed by atoms with Crippen molar-refractivity contribution in [3.05, 3.63) is 46.8 Å². The second-order valence-corrected chi connectivity index (χ2v) is 5.62. The molecular weight excluding hydrogens is 279 g/mol. The third-order valence-corrected chi connectivity index (χ3v) is 4.07. The minimum Gasteiger partial charge on any atom is -0.311 e. The van der Waals surface area contributed by atoms with Gasteiger partial charge in [0.15, 0.2) is 11.6 Å². The first kappa shape index (κ1) is 12.9. The molecule has 1 saturated carbocycles. The third kappa shape index (κ3) is 2.05. The van der Waals surface area contributed by atoms with Gasteiger partial charge in [0.25, 0.3) is 0 Å². The van der Waals surface area contributed by atoms with Crippen LogP contribution in [0.25, 0.3) is 5.69 Å². The predicted molar refractivity (Wildman–Crippen MR) is 70.8 cm³/mol. The molecule has 1 aliphatic carbocycles. The Hall–Kier alpha value is -1.82. The van der Waals surface area contributed by atoms with Gasteiger partial charge < -0.3 is 5.32 Å². The summed E-state index contributed by atoms with van der Waals surface area (Å²) in [5, 5.41) is 3.21. The lowest BCUT2D eigenvalue weighted by Crippen LogP contribution is -2.25. The molecular formula is C15H14F3N3. The average molecular weight is 293 g/mol. The van der Waals surface area contributed by atoms with Crippen LogP contribution in [0.2, 0.25) is 0 Å². The van der Waals surface area contributed by atoms with Gasteiger partial charge in [-0.05, 0) is 12.8 Å². The summed E-state index contributed by atoms with van der Waals surface area (Å²) >= 11 is 0. The summed E-state index contributed by atoms with van der Waals surface area (Å²) in [6.07, 6.45) is 2.65. The van der Waals surface area contributed by atoms with Crippen molar-refractivity contribution in [3.8, 4) is 5.69 Å². The molecule has 0 amide bonds. The highest BCUT2D eigenvalue weighted by Gasteiger charge is 2.33. The third-order valence-electron chi connectivity index (χ3n) is 4.07. The zero-order valence-corrected chi connectivity index (χ0v) is 11.3. The summed E-state index contributed by atoms with van der Waals surface area (Å²) in [7, 11) is 0. The van der Waals surface area contributed by atoms with Crippen molar-refractivity contribution in [1.29, 1.82) is 0 Å². The van der Waals surface area contributed by atoms with Gasteiger partial charge in [-0.2, -0.15) is 0 Å². The minimum atomic E-state index is -1.16. The number of aromatic nitrogens is 2. The molecule has 1 aromatic heterocycles. The highest BCUT2D eigenvalue weighted by atomic mass is 19.2. The Labute approximate surface area is 119 Å². The van der Waals surface area contributed by atoms with Crippen LogP contribution < -0.4 is 5.32 Å². The molecule has 1 N–H and O–H groups in total. The summed E-state index contributed by atoms with van der Waals surface area (Å²) in [4.78, 5) is 4.58. The Bertz CT molecular complexity index is 719. The van der Waals surface area contributed by atoms with E-state index in [1.165, 1.54) is 0 Å². The fraction of sp³-hybridized carbons (Fsp3) is 0.400. The second-order valence-electron chi connectivity index (χ2n) is 5.62. The first-order chi connectivity index (χ1) is 10.1. The van der Waals surface area contributed by atoms with Crippen LogP contribution in [-0.2, 0) is 13.0 Å². The highest BCUT2D eigenvalue weighted by Crippen LogP contribution is 2.42. The van der Waals surface area contributed by atoms with E-state index >= 15 is 0 Å². The molecule has 0 bridgehead atoms. The zero-order chi connectivity index (χ0) is 14.6. The molecule has 6 heteroatoms. The SMILES string of the molecule is Fc1cc(F)c(F)c(-n2c(C3CC3)nc3c2CCNC3)c1. The maximum Gasteiger partial charge on any atom is 0.183 e. The van der Waals surface area contributed by atoms with Crippen molar-refractivity contribution in [2.24, 2.45) is 0 Å². The Morgan fingerprint density at radius 2 is 2.00 bits per heavy atom. The van der Waals surface area contributed by atoms with E-state index in [0.717, 1.165) is 42.7 Å². The maximum absolute atomic E-state index is 14.2. The number of fused-ring (bicyclic) bond motifs is 1. The zero-order valence-electron chi connectivity index (χ0n) is 11.3. The monoisotopic (exact) mass is 293 g/mol. The number of imidazole rings is 1. The van der Waals surface area contributed by atoms with Gasteiger partial charge in [0, 0.05) is 43.3 Å². The number of hydrogen-bond donors (Lipinski definition) is 1. The maximum atomic E-state index is 14.2. The van der Waals surface area contributed by atoms with Crippen molar-refractivity contribution >= 4 is 0 Å². The normalized spacial score (nSPS) is 17.9.